The van der Waals surface area contributed by atoms with Gasteiger partial charge in [-0.1, -0.05) is 6.07 Å². The van der Waals surface area contributed by atoms with Crippen molar-refractivity contribution < 1.29 is 29.0 Å². The molecule has 0 saturated carbocycles. The zero-order chi connectivity index (χ0) is 27.5. The number of amides is 2. The SMILES string of the molecule is Cl.Cl.O=C(O)CCNC(=O)C(NC(=O)C(CCC1CCNCC1)CCC1CCNCC1)c1ccc2c(c1)OCCO2. The number of ether oxygens (including phenoxy) is 2. The Labute approximate surface area is 255 Å². The molecule has 0 radical (unpaired) electrons. The zero-order valence-electron chi connectivity index (χ0n) is 23.7. The van der Waals surface area contributed by atoms with E-state index in [1.54, 1.807) is 18.2 Å². The second-order valence-electron chi connectivity index (χ2n) is 11.0. The lowest BCUT2D eigenvalue weighted by Gasteiger charge is -2.28. The summed E-state index contributed by atoms with van der Waals surface area (Å²) in [5, 5.41) is 21.5. The summed E-state index contributed by atoms with van der Waals surface area (Å²) in [6, 6.07) is 4.28. The van der Waals surface area contributed by atoms with Gasteiger partial charge < -0.3 is 35.8 Å². The molecule has 5 N–H and O–H groups in total. The third-order valence-electron chi connectivity index (χ3n) is 8.22. The van der Waals surface area contributed by atoms with Gasteiger partial charge in [0.2, 0.25) is 11.8 Å². The monoisotopic (exact) mass is 616 g/mol. The Morgan fingerprint density at radius 2 is 1.41 bits per heavy atom. The number of piperidine rings is 2. The maximum Gasteiger partial charge on any atom is 0.305 e. The van der Waals surface area contributed by atoms with E-state index in [1.807, 2.05) is 0 Å². The second-order valence-corrected chi connectivity index (χ2v) is 11.0. The molecule has 0 aliphatic carbocycles. The lowest BCUT2D eigenvalue weighted by molar-refractivity contribution is -0.137. The number of benzene rings is 1. The number of nitrogens with one attached hydrogen (secondary N) is 4. The van der Waals surface area contributed by atoms with Crippen molar-refractivity contribution in [2.45, 2.75) is 63.8 Å². The highest BCUT2D eigenvalue weighted by atomic mass is 35.5. The Bertz CT molecular complexity index is 951. The van der Waals surface area contributed by atoms with Crippen molar-refractivity contribution >= 4 is 42.6 Å². The minimum Gasteiger partial charge on any atom is -0.486 e. The average Bonchev–Trinajstić information content (AvgIpc) is 2.96. The number of halogens is 2. The van der Waals surface area contributed by atoms with Gasteiger partial charge in [-0.3, -0.25) is 14.4 Å². The molecule has 41 heavy (non-hydrogen) atoms. The molecule has 0 spiro atoms. The van der Waals surface area contributed by atoms with E-state index in [0.717, 1.165) is 77.5 Å². The first-order valence-corrected chi connectivity index (χ1v) is 14.6. The van der Waals surface area contributed by atoms with Gasteiger partial charge in [-0.2, -0.15) is 0 Å². The topological polar surface area (TPSA) is 138 Å². The number of hydrogen-bond acceptors (Lipinski definition) is 7. The summed E-state index contributed by atoms with van der Waals surface area (Å²) in [7, 11) is 0. The van der Waals surface area contributed by atoms with E-state index in [-0.39, 0.29) is 49.6 Å². The summed E-state index contributed by atoms with van der Waals surface area (Å²) in [6.07, 6.45) is 7.96. The van der Waals surface area contributed by atoms with Crippen molar-refractivity contribution in [2.75, 3.05) is 45.9 Å². The number of carbonyl (C=O) groups excluding carboxylic acids is 2. The number of aliphatic carboxylic acids is 1. The molecule has 1 aromatic rings. The smallest absolute Gasteiger partial charge is 0.305 e. The Balaban J connectivity index is 0.00000294. The van der Waals surface area contributed by atoms with E-state index >= 15 is 0 Å². The molecule has 4 rings (SSSR count). The lowest BCUT2D eigenvalue weighted by atomic mass is 9.84. The molecule has 232 valence electrons. The number of carboxylic acid groups (broad SMARTS) is 1. The predicted octanol–water partition coefficient (Wildman–Crippen LogP) is 3.23. The van der Waals surface area contributed by atoms with Gasteiger partial charge in [0.05, 0.1) is 6.42 Å². The number of carboxylic acids is 1. The quantitative estimate of drug-likeness (QED) is 0.228. The molecule has 0 aromatic heterocycles. The Morgan fingerprint density at radius 3 is 1.98 bits per heavy atom. The van der Waals surface area contributed by atoms with Crippen LogP contribution >= 0.6 is 24.8 Å². The van der Waals surface area contributed by atoms with Crippen molar-refractivity contribution in [3.8, 4) is 11.5 Å². The van der Waals surface area contributed by atoms with E-state index in [1.165, 1.54) is 0 Å². The number of hydrogen-bond donors (Lipinski definition) is 5. The summed E-state index contributed by atoms with van der Waals surface area (Å²) >= 11 is 0. The summed E-state index contributed by atoms with van der Waals surface area (Å²) in [5.41, 5.74) is 0.580. The highest BCUT2D eigenvalue weighted by Crippen LogP contribution is 2.33. The third kappa shape index (κ3) is 11.1. The molecule has 10 nitrogen and oxygen atoms in total. The van der Waals surface area contributed by atoms with Gasteiger partial charge in [-0.05, 0) is 107 Å². The van der Waals surface area contributed by atoms with Crippen LogP contribution in [0.3, 0.4) is 0 Å². The molecule has 12 heteroatoms. The van der Waals surface area contributed by atoms with Crippen LogP contribution in [0.2, 0.25) is 0 Å². The van der Waals surface area contributed by atoms with E-state index in [4.69, 9.17) is 14.6 Å². The molecule has 3 aliphatic heterocycles. The maximum absolute atomic E-state index is 13.8. The highest BCUT2D eigenvalue weighted by Gasteiger charge is 2.29. The van der Waals surface area contributed by atoms with Crippen LogP contribution in [-0.4, -0.2) is 68.8 Å². The second kappa shape index (κ2) is 18.3. The number of rotatable bonds is 13. The standard InChI is InChI=1S/C29H44N4O6.2ClH/c34-26(35)11-16-32-29(37)27(23-5-6-24-25(19-23)39-18-17-38-24)33-28(36)22(3-1-20-7-12-30-13-8-20)4-2-21-9-14-31-15-10-21;;/h5-6,19-22,27,30-31H,1-4,7-18H2,(H,32,37)(H,33,36)(H,34,35);2*1H. The minimum absolute atomic E-state index is 0. The summed E-state index contributed by atoms with van der Waals surface area (Å²) in [6.45, 7) is 4.96. The molecule has 2 saturated heterocycles. The first-order valence-electron chi connectivity index (χ1n) is 14.6. The fourth-order valence-corrected chi connectivity index (χ4v) is 5.82. The van der Waals surface area contributed by atoms with Crippen LogP contribution in [-0.2, 0) is 14.4 Å². The van der Waals surface area contributed by atoms with Crippen molar-refractivity contribution in [2.24, 2.45) is 17.8 Å². The lowest BCUT2D eigenvalue weighted by Crippen LogP contribution is -2.43. The fraction of sp³-hybridized carbons (Fsp3) is 0.690. The summed E-state index contributed by atoms with van der Waals surface area (Å²) in [4.78, 5) is 38.0. The van der Waals surface area contributed by atoms with Gasteiger partial charge in [-0.15, -0.1) is 24.8 Å². The molecule has 1 atom stereocenters. The van der Waals surface area contributed by atoms with Crippen molar-refractivity contribution in [1.82, 2.24) is 21.3 Å². The van der Waals surface area contributed by atoms with Gasteiger partial charge in [0.1, 0.15) is 19.3 Å². The Morgan fingerprint density at radius 1 is 0.854 bits per heavy atom. The van der Waals surface area contributed by atoms with Crippen LogP contribution < -0.4 is 30.7 Å². The summed E-state index contributed by atoms with van der Waals surface area (Å²) < 4.78 is 11.3. The van der Waals surface area contributed by atoms with E-state index in [9.17, 15) is 14.4 Å². The van der Waals surface area contributed by atoms with E-state index in [2.05, 4.69) is 21.3 Å². The highest BCUT2D eigenvalue weighted by molar-refractivity contribution is 5.89. The molecule has 0 bridgehead atoms. The normalized spacial score (nSPS) is 18.0. The largest absolute Gasteiger partial charge is 0.486 e. The maximum atomic E-state index is 13.8. The van der Waals surface area contributed by atoms with Crippen molar-refractivity contribution in [3.05, 3.63) is 23.8 Å². The van der Waals surface area contributed by atoms with Crippen LogP contribution in [0.15, 0.2) is 18.2 Å². The molecule has 3 aliphatic rings. The van der Waals surface area contributed by atoms with Crippen LogP contribution in [0.25, 0.3) is 0 Å². The van der Waals surface area contributed by atoms with Crippen LogP contribution in [0.4, 0.5) is 0 Å². The van der Waals surface area contributed by atoms with Gasteiger partial charge >= 0.3 is 5.97 Å². The zero-order valence-corrected chi connectivity index (χ0v) is 25.3. The molecule has 2 fully saturated rings. The van der Waals surface area contributed by atoms with Crippen molar-refractivity contribution in [3.63, 3.8) is 0 Å². The first-order chi connectivity index (χ1) is 19.0. The molecular formula is C29H46Cl2N4O6. The molecule has 2 amide bonds. The predicted molar refractivity (Wildman–Crippen MR) is 161 cm³/mol. The Hall–Kier alpha value is -2.27. The molecular weight excluding hydrogens is 571 g/mol. The van der Waals surface area contributed by atoms with Crippen LogP contribution in [0, 0.1) is 17.8 Å². The molecule has 1 unspecified atom stereocenters. The Kier molecular flexibility index (Phi) is 15.6. The van der Waals surface area contributed by atoms with E-state index < -0.39 is 17.9 Å². The fourth-order valence-electron chi connectivity index (χ4n) is 5.82. The number of fused-ring (bicyclic) bond motifs is 1. The van der Waals surface area contributed by atoms with Crippen LogP contribution in [0.5, 0.6) is 11.5 Å². The van der Waals surface area contributed by atoms with Crippen LogP contribution in [0.1, 0.15) is 69.4 Å². The number of carbonyl (C=O) groups is 3. The average molecular weight is 618 g/mol. The minimum atomic E-state index is -0.994. The third-order valence-corrected chi connectivity index (χ3v) is 8.22. The van der Waals surface area contributed by atoms with E-state index in [0.29, 0.717) is 42.1 Å². The van der Waals surface area contributed by atoms with Gasteiger partial charge in [0, 0.05) is 12.5 Å². The van der Waals surface area contributed by atoms with Gasteiger partial charge in [0.15, 0.2) is 11.5 Å². The molecule has 3 heterocycles. The summed E-state index contributed by atoms with van der Waals surface area (Å²) in [5.74, 6) is 0.643. The molecule has 1 aromatic carbocycles. The van der Waals surface area contributed by atoms with Crippen molar-refractivity contribution in [1.29, 1.82) is 0 Å². The van der Waals surface area contributed by atoms with Gasteiger partial charge in [0.25, 0.3) is 0 Å². The first kappa shape index (κ1) is 34.9. The van der Waals surface area contributed by atoms with Gasteiger partial charge in [-0.25, -0.2) is 0 Å².